The van der Waals surface area contributed by atoms with Crippen molar-refractivity contribution >= 4 is 34.8 Å². The van der Waals surface area contributed by atoms with Gasteiger partial charge in [0.1, 0.15) is 0 Å². The summed E-state index contributed by atoms with van der Waals surface area (Å²) in [5, 5.41) is 3.58. The van der Waals surface area contributed by atoms with E-state index in [2.05, 4.69) is 39.5 Å². The number of hydrogen-bond acceptors (Lipinski definition) is 5. The van der Waals surface area contributed by atoms with Crippen LogP contribution in [0.25, 0.3) is 0 Å². The molecule has 1 amide bonds. The Hall–Kier alpha value is -1.47. The van der Waals surface area contributed by atoms with E-state index in [1.54, 1.807) is 18.3 Å². The fourth-order valence-electron chi connectivity index (χ4n) is 3.15. The zero-order valence-electron chi connectivity index (χ0n) is 15.3. The van der Waals surface area contributed by atoms with Crippen LogP contribution in [0, 0.1) is 0 Å². The maximum absolute atomic E-state index is 12.4. The predicted octanol–water partition coefficient (Wildman–Crippen LogP) is 3.58. The molecule has 0 aliphatic carbocycles. The summed E-state index contributed by atoms with van der Waals surface area (Å²) in [4.78, 5) is 20.6. The zero-order valence-corrected chi connectivity index (χ0v) is 17.0. The molecule has 3 rings (SSSR count). The number of carbonyl (C=O) groups excluding carboxylic acids is 1. The number of anilines is 1. The molecule has 1 aliphatic rings. The van der Waals surface area contributed by atoms with Crippen molar-refractivity contribution in [3.8, 4) is 0 Å². The van der Waals surface area contributed by atoms with Gasteiger partial charge in [0.15, 0.2) is 5.13 Å². The number of nitrogens with zero attached hydrogens (tertiary/aromatic N) is 2. The number of benzene rings is 1. The van der Waals surface area contributed by atoms with Crippen LogP contribution >= 0.6 is 23.7 Å². The summed E-state index contributed by atoms with van der Waals surface area (Å²) in [6.45, 7) is 6.62. The van der Waals surface area contributed by atoms with E-state index in [4.69, 9.17) is 5.73 Å². The highest BCUT2D eigenvalue weighted by molar-refractivity contribution is 7.15. The van der Waals surface area contributed by atoms with Crippen molar-refractivity contribution in [1.29, 1.82) is 0 Å². The lowest BCUT2D eigenvalue weighted by atomic mass is 9.97. The van der Waals surface area contributed by atoms with Crippen LogP contribution in [0.15, 0.2) is 30.3 Å². The highest BCUT2D eigenvalue weighted by Gasteiger charge is 2.29. The van der Waals surface area contributed by atoms with Gasteiger partial charge in [0, 0.05) is 30.9 Å². The van der Waals surface area contributed by atoms with Crippen LogP contribution in [-0.2, 0) is 24.3 Å². The first kappa shape index (κ1) is 20.8. The maximum atomic E-state index is 12.4. The standard InChI is InChI=1S/C19H26N4OS.ClH/c1-3-10-19(2,20)17(24)22-18-21-15-9-11-23(13-16(15)25-18)12-14-7-5-4-6-8-14;/h4-8H,3,9-13,20H2,1-2H3,(H,21,22,24);1H. The molecule has 0 saturated heterocycles. The molecule has 3 N–H and O–H groups in total. The van der Waals surface area contributed by atoms with Gasteiger partial charge >= 0.3 is 0 Å². The number of hydrogen-bond donors (Lipinski definition) is 2. The van der Waals surface area contributed by atoms with Gasteiger partial charge in [-0.15, -0.1) is 23.7 Å². The van der Waals surface area contributed by atoms with Crippen LogP contribution in [0.4, 0.5) is 5.13 Å². The molecule has 1 aromatic carbocycles. The van der Waals surface area contributed by atoms with Gasteiger partial charge < -0.3 is 11.1 Å². The van der Waals surface area contributed by atoms with Gasteiger partial charge in [-0.1, -0.05) is 43.7 Å². The molecule has 2 aromatic rings. The molecular weight excluding hydrogens is 368 g/mol. The van der Waals surface area contributed by atoms with Crippen molar-refractivity contribution in [2.45, 2.75) is 51.7 Å². The van der Waals surface area contributed by atoms with Crippen molar-refractivity contribution < 1.29 is 4.79 Å². The topological polar surface area (TPSA) is 71.2 Å². The SMILES string of the molecule is CCCC(C)(N)C(=O)Nc1nc2c(s1)CN(Cc1ccccc1)CC2.Cl. The van der Waals surface area contributed by atoms with Crippen molar-refractivity contribution in [2.24, 2.45) is 5.73 Å². The number of fused-ring (bicyclic) bond motifs is 1. The third kappa shape index (κ3) is 5.04. The normalized spacial score (nSPS) is 16.3. The van der Waals surface area contributed by atoms with E-state index in [1.807, 2.05) is 13.0 Å². The van der Waals surface area contributed by atoms with Crippen molar-refractivity contribution in [1.82, 2.24) is 9.88 Å². The van der Waals surface area contributed by atoms with Gasteiger partial charge in [-0.2, -0.15) is 0 Å². The first-order valence-corrected chi connectivity index (χ1v) is 9.65. The number of thiazole rings is 1. The number of nitrogens with one attached hydrogen (secondary N) is 1. The monoisotopic (exact) mass is 394 g/mol. The van der Waals surface area contributed by atoms with Crippen molar-refractivity contribution in [2.75, 3.05) is 11.9 Å². The number of aromatic nitrogens is 1. The molecule has 1 aromatic heterocycles. The third-order valence-electron chi connectivity index (χ3n) is 4.57. The second kappa shape index (κ2) is 8.95. The molecule has 5 nitrogen and oxygen atoms in total. The van der Waals surface area contributed by atoms with Crippen LogP contribution in [0.2, 0.25) is 0 Å². The highest BCUT2D eigenvalue weighted by atomic mass is 35.5. The van der Waals surface area contributed by atoms with Crippen LogP contribution in [0.3, 0.4) is 0 Å². The molecule has 1 atom stereocenters. The van der Waals surface area contributed by atoms with E-state index in [0.717, 1.165) is 38.2 Å². The molecule has 142 valence electrons. The predicted molar refractivity (Wildman–Crippen MR) is 110 cm³/mol. The molecule has 0 bridgehead atoms. The van der Waals surface area contributed by atoms with Gasteiger partial charge in [0.2, 0.25) is 5.91 Å². The largest absolute Gasteiger partial charge is 0.318 e. The third-order valence-corrected chi connectivity index (χ3v) is 5.57. The first-order chi connectivity index (χ1) is 12.0. The summed E-state index contributed by atoms with van der Waals surface area (Å²) >= 11 is 1.57. The molecular formula is C19H27ClN4OS. The second-order valence-electron chi connectivity index (χ2n) is 6.96. The zero-order chi connectivity index (χ0) is 17.9. The van der Waals surface area contributed by atoms with E-state index in [9.17, 15) is 4.79 Å². The van der Waals surface area contributed by atoms with E-state index in [1.165, 1.54) is 10.4 Å². The molecule has 0 radical (unpaired) electrons. The minimum atomic E-state index is -0.847. The smallest absolute Gasteiger partial charge is 0.245 e. The number of amides is 1. The average molecular weight is 395 g/mol. The molecule has 0 saturated carbocycles. The lowest BCUT2D eigenvalue weighted by molar-refractivity contribution is -0.120. The Morgan fingerprint density at radius 2 is 2.12 bits per heavy atom. The highest BCUT2D eigenvalue weighted by Crippen LogP contribution is 2.29. The van der Waals surface area contributed by atoms with E-state index >= 15 is 0 Å². The summed E-state index contributed by atoms with van der Waals surface area (Å²) in [5.41, 5.74) is 7.69. The summed E-state index contributed by atoms with van der Waals surface area (Å²) in [6.07, 6.45) is 2.46. The Morgan fingerprint density at radius 3 is 2.81 bits per heavy atom. The lowest BCUT2D eigenvalue weighted by Crippen LogP contribution is -2.48. The summed E-state index contributed by atoms with van der Waals surface area (Å²) in [5.74, 6) is -0.151. The molecule has 0 spiro atoms. The summed E-state index contributed by atoms with van der Waals surface area (Å²) < 4.78 is 0. The minimum Gasteiger partial charge on any atom is -0.318 e. The van der Waals surface area contributed by atoms with Gasteiger partial charge in [0.25, 0.3) is 0 Å². The van der Waals surface area contributed by atoms with Crippen LogP contribution in [-0.4, -0.2) is 27.9 Å². The Kier molecular flexibility index (Phi) is 7.17. The van der Waals surface area contributed by atoms with Crippen molar-refractivity contribution in [3.05, 3.63) is 46.5 Å². The molecule has 7 heteroatoms. The Labute approximate surface area is 165 Å². The average Bonchev–Trinajstić information content (AvgIpc) is 2.97. The van der Waals surface area contributed by atoms with Gasteiger partial charge in [-0.3, -0.25) is 9.69 Å². The lowest BCUT2D eigenvalue weighted by Gasteiger charge is -2.25. The van der Waals surface area contributed by atoms with E-state index < -0.39 is 5.54 Å². The quantitative estimate of drug-likeness (QED) is 0.785. The number of halogens is 1. The molecule has 1 unspecified atom stereocenters. The summed E-state index contributed by atoms with van der Waals surface area (Å²) in [7, 11) is 0. The van der Waals surface area contributed by atoms with Gasteiger partial charge in [-0.05, 0) is 18.9 Å². The van der Waals surface area contributed by atoms with Gasteiger partial charge in [0.05, 0.1) is 11.2 Å². The fourth-order valence-corrected chi connectivity index (χ4v) is 4.20. The Morgan fingerprint density at radius 1 is 1.38 bits per heavy atom. The van der Waals surface area contributed by atoms with E-state index in [-0.39, 0.29) is 18.3 Å². The van der Waals surface area contributed by atoms with E-state index in [0.29, 0.717) is 11.6 Å². The summed E-state index contributed by atoms with van der Waals surface area (Å²) in [6, 6.07) is 10.5. The molecule has 26 heavy (non-hydrogen) atoms. The van der Waals surface area contributed by atoms with Crippen LogP contribution in [0.5, 0.6) is 0 Å². The Bertz CT molecular complexity index is 732. The van der Waals surface area contributed by atoms with Crippen molar-refractivity contribution in [3.63, 3.8) is 0 Å². The second-order valence-corrected chi connectivity index (χ2v) is 8.04. The Balaban J connectivity index is 0.00000243. The first-order valence-electron chi connectivity index (χ1n) is 8.83. The fraction of sp³-hybridized carbons (Fsp3) is 0.474. The number of rotatable bonds is 6. The molecule has 1 aliphatic heterocycles. The maximum Gasteiger partial charge on any atom is 0.245 e. The minimum absolute atomic E-state index is 0. The van der Waals surface area contributed by atoms with Crippen LogP contribution < -0.4 is 11.1 Å². The molecule has 2 heterocycles. The molecule has 0 fully saturated rings. The number of carbonyl (C=O) groups is 1. The van der Waals surface area contributed by atoms with Gasteiger partial charge in [-0.25, -0.2) is 4.98 Å². The van der Waals surface area contributed by atoms with Crippen LogP contribution in [0.1, 0.15) is 42.8 Å². The number of nitrogens with two attached hydrogens (primary N) is 1.